The number of nitrogens with one attached hydrogen (secondary N) is 1. The molecule has 5 heteroatoms. The van der Waals surface area contributed by atoms with Crippen molar-refractivity contribution < 1.29 is 14.3 Å². The van der Waals surface area contributed by atoms with Gasteiger partial charge in [0.15, 0.2) is 11.5 Å². The van der Waals surface area contributed by atoms with E-state index < -0.39 is 0 Å². The summed E-state index contributed by atoms with van der Waals surface area (Å²) in [5.74, 6) is 1.75. The summed E-state index contributed by atoms with van der Waals surface area (Å²) >= 11 is 0. The predicted octanol–water partition coefficient (Wildman–Crippen LogP) is 2.33. The van der Waals surface area contributed by atoms with Gasteiger partial charge in [-0.05, 0) is 23.8 Å². The van der Waals surface area contributed by atoms with Gasteiger partial charge in [-0.2, -0.15) is 0 Å². The van der Waals surface area contributed by atoms with E-state index >= 15 is 0 Å². The maximum absolute atomic E-state index is 12.0. The third kappa shape index (κ3) is 2.22. The summed E-state index contributed by atoms with van der Waals surface area (Å²) in [6.45, 7) is 0.228. The Morgan fingerprint density at radius 1 is 1.05 bits per heavy atom. The van der Waals surface area contributed by atoms with Gasteiger partial charge in [0.05, 0.1) is 0 Å². The molecule has 2 aromatic rings. The normalized spacial score (nSPS) is 17.5. The molecule has 2 aliphatic heterocycles. The molecule has 0 saturated carbocycles. The zero-order valence-corrected chi connectivity index (χ0v) is 11.6. The maximum atomic E-state index is 12.0. The molecule has 5 nitrogen and oxygen atoms in total. The average molecular weight is 292 g/mol. The quantitative estimate of drug-likeness (QED) is 0.864. The lowest BCUT2D eigenvalue weighted by molar-refractivity contribution is -0.115. The molecule has 2 heterocycles. The second-order valence-corrected chi connectivity index (χ2v) is 4.92. The number of amidine groups is 1. The zero-order chi connectivity index (χ0) is 14.9. The van der Waals surface area contributed by atoms with E-state index in [4.69, 9.17) is 9.47 Å². The van der Waals surface area contributed by atoms with Crippen LogP contribution in [-0.4, -0.2) is 18.5 Å². The number of amides is 1. The number of hydrogen-bond acceptors (Lipinski definition) is 4. The van der Waals surface area contributed by atoms with Crippen molar-refractivity contribution in [1.82, 2.24) is 5.32 Å². The summed E-state index contributed by atoms with van der Waals surface area (Å²) in [6, 6.07) is 15.1. The van der Waals surface area contributed by atoms with Crippen molar-refractivity contribution in [1.29, 1.82) is 0 Å². The van der Waals surface area contributed by atoms with E-state index in [2.05, 4.69) is 10.3 Å². The predicted molar refractivity (Wildman–Crippen MR) is 81.7 cm³/mol. The monoisotopic (exact) mass is 292 g/mol. The molecule has 108 valence electrons. The lowest BCUT2D eigenvalue weighted by Crippen LogP contribution is -2.24. The molecule has 0 fully saturated rings. The lowest BCUT2D eigenvalue weighted by Gasteiger charge is -1.98. The Bertz CT molecular complexity index is 810. The van der Waals surface area contributed by atoms with Gasteiger partial charge in [0.1, 0.15) is 11.5 Å². The summed E-state index contributed by atoms with van der Waals surface area (Å²) in [7, 11) is 0. The third-order valence-corrected chi connectivity index (χ3v) is 3.44. The molecule has 0 spiro atoms. The molecular formula is C17H12N2O3. The van der Waals surface area contributed by atoms with Gasteiger partial charge in [-0.15, -0.1) is 0 Å². The van der Waals surface area contributed by atoms with Crippen molar-refractivity contribution in [3.63, 3.8) is 0 Å². The first-order valence-corrected chi connectivity index (χ1v) is 6.86. The number of benzene rings is 2. The highest BCUT2D eigenvalue weighted by Gasteiger charge is 2.21. The Morgan fingerprint density at radius 3 is 2.73 bits per heavy atom. The smallest absolute Gasteiger partial charge is 0.275 e. The van der Waals surface area contributed by atoms with Crippen LogP contribution in [0.3, 0.4) is 0 Å². The van der Waals surface area contributed by atoms with Crippen LogP contribution in [0.4, 0.5) is 0 Å². The van der Waals surface area contributed by atoms with Gasteiger partial charge in [-0.3, -0.25) is 4.79 Å². The standard InChI is InChI=1S/C17H12N2O3/c20-17-13(18-16(19-17)12-4-2-1-3-5-12)8-11-6-7-14-15(9-11)22-10-21-14/h1-9H,10H2,(H,18,19,20)/b13-8+. The number of ether oxygens (including phenoxy) is 2. The minimum absolute atomic E-state index is 0.212. The number of fused-ring (bicyclic) bond motifs is 1. The summed E-state index contributed by atoms with van der Waals surface area (Å²) in [6.07, 6.45) is 1.73. The molecule has 1 N–H and O–H groups in total. The Balaban J connectivity index is 1.67. The highest BCUT2D eigenvalue weighted by atomic mass is 16.7. The molecule has 2 aromatic carbocycles. The number of aliphatic imine (C=N–C) groups is 1. The van der Waals surface area contributed by atoms with Crippen LogP contribution in [-0.2, 0) is 4.79 Å². The van der Waals surface area contributed by atoms with Gasteiger partial charge < -0.3 is 14.8 Å². The van der Waals surface area contributed by atoms with Crippen molar-refractivity contribution >= 4 is 17.8 Å². The van der Waals surface area contributed by atoms with Crippen LogP contribution in [0.5, 0.6) is 11.5 Å². The number of hydrogen-bond donors (Lipinski definition) is 1. The second-order valence-electron chi connectivity index (χ2n) is 4.92. The van der Waals surface area contributed by atoms with E-state index in [-0.39, 0.29) is 12.7 Å². The van der Waals surface area contributed by atoms with E-state index in [0.29, 0.717) is 23.0 Å². The number of carbonyl (C=O) groups is 1. The van der Waals surface area contributed by atoms with Gasteiger partial charge in [0, 0.05) is 5.56 Å². The number of carbonyl (C=O) groups excluding carboxylic acids is 1. The molecule has 0 atom stereocenters. The Hall–Kier alpha value is -3.08. The Labute approximate surface area is 126 Å². The number of rotatable bonds is 2. The minimum atomic E-state index is -0.212. The third-order valence-electron chi connectivity index (χ3n) is 3.44. The summed E-state index contributed by atoms with van der Waals surface area (Å²) in [5, 5.41) is 2.78. The van der Waals surface area contributed by atoms with Gasteiger partial charge in [0.25, 0.3) is 5.91 Å². The summed E-state index contributed by atoms with van der Waals surface area (Å²) in [5.41, 5.74) is 2.09. The highest BCUT2D eigenvalue weighted by molar-refractivity contribution is 6.19. The van der Waals surface area contributed by atoms with Crippen molar-refractivity contribution in [2.24, 2.45) is 4.99 Å². The van der Waals surface area contributed by atoms with Crippen LogP contribution in [0, 0.1) is 0 Å². The second kappa shape index (κ2) is 5.04. The SMILES string of the molecule is O=C1NC(c2ccccc2)=N/C1=C/c1ccc2c(c1)OCO2. The van der Waals surface area contributed by atoms with E-state index in [0.717, 1.165) is 11.1 Å². The molecule has 4 rings (SSSR count). The molecule has 1 amide bonds. The fourth-order valence-electron chi connectivity index (χ4n) is 2.36. The maximum Gasteiger partial charge on any atom is 0.275 e. The van der Waals surface area contributed by atoms with Crippen LogP contribution in [0.2, 0.25) is 0 Å². The van der Waals surface area contributed by atoms with Crippen molar-refractivity contribution in [2.75, 3.05) is 6.79 Å². The largest absolute Gasteiger partial charge is 0.454 e. The van der Waals surface area contributed by atoms with Gasteiger partial charge in [-0.1, -0.05) is 36.4 Å². The molecule has 0 aliphatic carbocycles. The van der Waals surface area contributed by atoms with Gasteiger partial charge in [-0.25, -0.2) is 4.99 Å². The number of nitrogens with zero attached hydrogens (tertiary/aromatic N) is 1. The molecule has 2 aliphatic rings. The minimum Gasteiger partial charge on any atom is -0.454 e. The van der Waals surface area contributed by atoms with Crippen molar-refractivity contribution in [2.45, 2.75) is 0 Å². The Morgan fingerprint density at radius 2 is 1.86 bits per heavy atom. The lowest BCUT2D eigenvalue weighted by atomic mass is 10.1. The van der Waals surface area contributed by atoms with Crippen LogP contribution in [0.1, 0.15) is 11.1 Å². The first-order valence-electron chi connectivity index (χ1n) is 6.86. The van der Waals surface area contributed by atoms with E-state index in [1.165, 1.54) is 0 Å². The van der Waals surface area contributed by atoms with Crippen LogP contribution < -0.4 is 14.8 Å². The van der Waals surface area contributed by atoms with E-state index in [1.807, 2.05) is 48.5 Å². The van der Waals surface area contributed by atoms with Crippen LogP contribution >= 0.6 is 0 Å². The molecule has 0 saturated heterocycles. The first-order chi connectivity index (χ1) is 10.8. The fourth-order valence-corrected chi connectivity index (χ4v) is 2.36. The summed E-state index contributed by atoms with van der Waals surface area (Å²) < 4.78 is 10.6. The fraction of sp³-hybridized carbons (Fsp3) is 0.0588. The first kappa shape index (κ1) is 12.6. The zero-order valence-electron chi connectivity index (χ0n) is 11.6. The summed E-state index contributed by atoms with van der Waals surface area (Å²) in [4.78, 5) is 16.4. The molecule has 0 unspecified atom stereocenters. The van der Waals surface area contributed by atoms with Gasteiger partial charge in [0.2, 0.25) is 6.79 Å². The van der Waals surface area contributed by atoms with Crippen molar-refractivity contribution in [3.05, 3.63) is 65.4 Å². The van der Waals surface area contributed by atoms with Gasteiger partial charge >= 0.3 is 0 Å². The Kier molecular flexibility index (Phi) is 2.89. The highest BCUT2D eigenvalue weighted by Crippen LogP contribution is 2.33. The van der Waals surface area contributed by atoms with E-state index in [1.54, 1.807) is 6.08 Å². The van der Waals surface area contributed by atoms with Crippen LogP contribution in [0.25, 0.3) is 6.08 Å². The molecule has 22 heavy (non-hydrogen) atoms. The molecular weight excluding hydrogens is 280 g/mol. The van der Waals surface area contributed by atoms with Crippen LogP contribution in [0.15, 0.2) is 59.2 Å². The topological polar surface area (TPSA) is 59.9 Å². The van der Waals surface area contributed by atoms with E-state index in [9.17, 15) is 4.79 Å². The molecule has 0 bridgehead atoms. The molecule has 0 radical (unpaired) electrons. The average Bonchev–Trinajstić information content (AvgIpc) is 3.15. The van der Waals surface area contributed by atoms with Crippen molar-refractivity contribution in [3.8, 4) is 11.5 Å². The molecule has 0 aromatic heterocycles.